The van der Waals surface area contributed by atoms with Crippen LogP contribution in [0.15, 0.2) is 17.0 Å². The van der Waals surface area contributed by atoms with Crippen molar-refractivity contribution in [1.29, 1.82) is 0 Å². The second-order valence-corrected chi connectivity index (χ2v) is 7.34. The van der Waals surface area contributed by atoms with E-state index in [0.29, 0.717) is 13.1 Å². The number of rotatable bonds is 6. The molecule has 2 amide bonds. The lowest BCUT2D eigenvalue weighted by atomic mass is 10.1. The molecule has 1 rings (SSSR count). The van der Waals surface area contributed by atoms with Gasteiger partial charge in [0.1, 0.15) is 0 Å². The van der Waals surface area contributed by atoms with Crippen LogP contribution in [0.2, 0.25) is 0 Å². The number of anilines is 1. The van der Waals surface area contributed by atoms with Gasteiger partial charge in [-0.1, -0.05) is 0 Å². The van der Waals surface area contributed by atoms with Gasteiger partial charge in [0, 0.05) is 23.7 Å². The predicted octanol–water partition coefficient (Wildman–Crippen LogP) is 1.12. The van der Waals surface area contributed by atoms with Gasteiger partial charge in [0.2, 0.25) is 9.84 Å². The molecule has 25 heavy (non-hydrogen) atoms. The van der Waals surface area contributed by atoms with Crippen molar-refractivity contribution in [2.45, 2.75) is 32.6 Å². The molecule has 9 nitrogen and oxygen atoms in total. The number of amides is 2. The molecule has 1 aromatic rings. The van der Waals surface area contributed by atoms with Crippen LogP contribution in [0.1, 0.15) is 25.0 Å². The summed E-state index contributed by atoms with van der Waals surface area (Å²) in [7, 11) is -4.09. The molecule has 138 valence electrons. The Morgan fingerprint density at radius 1 is 1.16 bits per heavy atom. The summed E-state index contributed by atoms with van der Waals surface area (Å²) >= 11 is 0. The van der Waals surface area contributed by atoms with Crippen molar-refractivity contribution in [3.8, 4) is 0 Å². The summed E-state index contributed by atoms with van der Waals surface area (Å²) in [5.41, 5.74) is 0.764. The van der Waals surface area contributed by atoms with Crippen LogP contribution in [-0.2, 0) is 19.4 Å². The monoisotopic (exact) mass is 371 g/mol. The SMILES string of the molecule is CCN(CC)C(=O)C(=O)Nc1cc(C)c(S(=O)(=O)C[N+](=O)[O-])c(C)c1. The van der Waals surface area contributed by atoms with Crippen LogP contribution in [0.4, 0.5) is 5.69 Å². The van der Waals surface area contributed by atoms with Crippen molar-refractivity contribution >= 4 is 27.3 Å². The Bertz CT molecular complexity index is 776. The topological polar surface area (TPSA) is 127 Å². The maximum Gasteiger partial charge on any atom is 0.313 e. The molecular formula is C15H21N3O6S. The summed E-state index contributed by atoms with van der Waals surface area (Å²) in [5, 5.41) is 13.0. The molecular weight excluding hydrogens is 350 g/mol. The van der Waals surface area contributed by atoms with Gasteiger partial charge in [0.05, 0.1) is 4.90 Å². The van der Waals surface area contributed by atoms with E-state index in [0.717, 1.165) is 0 Å². The van der Waals surface area contributed by atoms with E-state index in [1.54, 1.807) is 13.8 Å². The fourth-order valence-corrected chi connectivity index (χ4v) is 4.06. The van der Waals surface area contributed by atoms with E-state index >= 15 is 0 Å². The van der Waals surface area contributed by atoms with Crippen molar-refractivity contribution < 1.29 is 22.9 Å². The summed E-state index contributed by atoms with van der Waals surface area (Å²) in [6.07, 6.45) is 0. The van der Waals surface area contributed by atoms with Gasteiger partial charge in [-0.3, -0.25) is 19.7 Å². The van der Waals surface area contributed by atoms with Crippen molar-refractivity contribution in [1.82, 2.24) is 4.90 Å². The van der Waals surface area contributed by atoms with E-state index in [1.165, 1.54) is 30.9 Å². The zero-order valence-electron chi connectivity index (χ0n) is 14.5. The summed E-state index contributed by atoms with van der Waals surface area (Å²) < 4.78 is 24.2. The number of aryl methyl sites for hydroxylation is 2. The second-order valence-electron chi connectivity index (χ2n) is 5.45. The van der Waals surface area contributed by atoms with Crippen LogP contribution in [0, 0.1) is 24.0 Å². The van der Waals surface area contributed by atoms with Crippen molar-refractivity contribution in [3.63, 3.8) is 0 Å². The van der Waals surface area contributed by atoms with E-state index in [2.05, 4.69) is 5.32 Å². The Balaban J connectivity index is 3.13. The quantitative estimate of drug-likeness (QED) is 0.453. The Morgan fingerprint density at radius 2 is 1.64 bits per heavy atom. The average Bonchev–Trinajstić information content (AvgIpc) is 2.45. The van der Waals surface area contributed by atoms with Gasteiger partial charge >= 0.3 is 17.7 Å². The van der Waals surface area contributed by atoms with Gasteiger partial charge in [-0.15, -0.1) is 0 Å². The number of carbonyl (C=O) groups is 2. The number of nitro groups is 1. The van der Waals surface area contributed by atoms with Crippen LogP contribution in [0.3, 0.4) is 0 Å². The van der Waals surface area contributed by atoms with Crippen LogP contribution in [0.25, 0.3) is 0 Å². The summed E-state index contributed by atoms with van der Waals surface area (Å²) in [6.45, 7) is 7.22. The highest BCUT2D eigenvalue weighted by Crippen LogP contribution is 2.25. The largest absolute Gasteiger partial charge is 0.335 e. The maximum atomic E-state index is 12.1. The van der Waals surface area contributed by atoms with Gasteiger partial charge in [0.15, 0.2) is 0 Å². The fraction of sp³-hybridized carbons (Fsp3) is 0.467. The van der Waals surface area contributed by atoms with Crippen LogP contribution >= 0.6 is 0 Å². The van der Waals surface area contributed by atoms with Crippen molar-refractivity contribution in [3.05, 3.63) is 33.4 Å². The maximum absolute atomic E-state index is 12.1. The molecule has 0 spiro atoms. The first-order valence-electron chi connectivity index (χ1n) is 7.59. The molecule has 0 heterocycles. The molecule has 0 aliphatic rings. The molecule has 0 aliphatic carbocycles. The smallest absolute Gasteiger partial charge is 0.313 e. The summed E-state index contributed by atoms with van der Waals surface area (Å²) in [6, 6.07) is 2.74. The van der Waals surface area contributed by atoms with Gasteiger partial charge < -0.3 is 10.2 Å². The van der Waals surface area contributed by atoms with Crippen molar-refractivity contribution in [2.24, 2.45) is 0 Å². The highest BCUT2D eigenvalue weighted by Gasteiger charge is 2.26. The predicted molar refractivity (Wildman–Crippen MR) is 91.5 cm³/mol. The lowest BCUT2D eigenvalue weighted by Gasteiger charge is -2.18. The molecule has 0 unspecified atom stereocenters. The third kappa shape index (κ3) is 4.99. The zero-order valence-corrected chi connectivity index (χ0v) is 15.3. The fourth-order valence-electron chi connectivity index (χ4n) is 2.56. The Kier molecular flexibility index (Phi) is 6.63. The molecule has 0 saturated heterocycles. The number of likely N-dealkylation sites (N-methyl/N-ethyl adjacent to an activating group) is 1. The lowest BCUT2D eigenvalue weighted by Crippen LogP contribution is -2.39. The molecule has 1 N–H and O–H groups in total. The van der Waals surface area contributed by atoms with Crippen LogP contribution in [-0.4, -0.2) is 49.0 Å². The third-order valence-corrected chi connectivity index (χ3v) is 5.37. The minimum atomic E-state index is -4.09. The first kappa shape index (κ1) is 20.6. The average molecular weight is 371 g/mol. The highest BCUT2D eigenvalue weighted by atomic mass is 32.2. The summed E-state index contributed by atoms with van der Waals surface area (Å²) in [5.74, 6) is -2.73. The van der Waals surface area contributed by atoms with Gasteiger partial charge in [-0.25, -0.2) is 8.42 Å². The first-order chi connectivity index (χ1) is 11.5. The number of carbonyl (C=O) groups excluding carboxylic acids is 2. The summed E-state index contributed by atoms with van der Waals surface area (Å²) in [4.78, 5) is 34.8. The Labute approximate surface area is 146 Å². The van der Waals surface area contributed by atoms with Crippen LogP contribution in [0.5, 0.6) is 0 Å². The highest BCUT2D eigenvalue weighted by molar-refractivity contribution is 7.91. The number of hydrogen-bond donors (Lipinski definition) is 1. The van der Waals surface area contributed by atoms with Crippen LogP contribution < -0.4 is 5.32 Å². The molecule has 0 aromatic heterocycles. The van der Waals surface area contributed by atoms with E-state index in [1.807, 2.05) is 0 Å². The van der Waals surface area contributed by atoms with Gasteiger partial charge in [-0.05, 0) is 51.0 Å². The number of nitrogens with one attached hydrogen (secondary N) is 1. The third-order valence-electron chi connectivity index (χ3n) is 3.55. The second kappa shape index (κ2) is 8.06. The number of benzene rings is 1. The molecule has 0 atom stereocenters. The first-order valence-corrected chi connectivity index (χ1v) is 9.24. The number of sulfone groups is 1. The van der Waals surface area contributed by atoms with Crippen molar-refractivity contribution in [2.75, 3.05) is 24.3 Å². The normalized spacial score (nSPS) is 11.0. The molecule has 1 aromatic carbocycles. The number of hydrogen-bond acceptors (Lipinski definition) is 6. The molecule has 0 fully saturated rings. The minimum absolute atomic E-state index is 0.141. The standard InChI is InChI=1S/C15H21N3O6S/c1-5-17(6-2)15(20)14(19)16-12-7-10(3)13(11(4)8-12)25(23,24)9-18(21)22/h7-8H,5-6,9H2,1-4H3,(H,16,19). The molecule has 0 bridgehead atoms. The Morgan fingerprint density at radius 3 is 2.04 bits per heavy atom. The molecule has 0 aliphatic heterocycles. The van der Waals surface area contributed by atoms with E-state index < -0.39 is 32.5 Å². The van der Waals surface area contributed by atoms with E-state index in [-0.39, 0.29) is 21.7 Å². The van der Waals surface area contributed by atoms with Gasteiger partial charge in [0.25, 0.3) is 0 Å². The van der Waals surface area contributed by atoms with Gasteiger partial charge in [-0.2, -0.15) is 0 Å². The lowest BCUT2D eigenvalue weighted by molar-refractivity contribution is -0.458. The minimum Gasteiger partial charge on any atom is -0.335 e. The van der Waals surface area contributed by atoms with E-state index in [4.69, 9.17) is 0 Å². The number of nitrogens with zero attached hydrogens (tertiary/aromatic N) is 2. The Hall–Kier alpha value is -2.49. The van der Waals surface area contributed by atoms with E-state index in [9.17, 15) is 28.1 Å². The molecule has 0 radical (unpaired) electrons. The molecule has 10 heteroatoms. The molecule has 0 saturated carbocycles. The zero-order chi connectivity index (χ0) is 19.4.